The van der Waals surface area contributed by atoms with E-state index in [0.717, 1.165) is 0 Å². The Hall–Kier alpha value is -0.910. The number of alkyl halides is 5. The summed E-state index contributed by atoms with van der Waals surface area (Å²) < 4.78 is 60.6. The highest BCUT2D eigenvalue weighted by molar-refractivity contribution is 6.32. The van der Waals surface area contributed by atoms with Crippen molar-refractivity contribution in [3.8, 4) is 0 Å². The van der Waals surface area contributed by atoms with Gasteiger partial charge in [0.1, 0.15) is 5.69 Å². The summed E-state index contributed by atoms with van der Waals surface area (Å²) in [6.07, 6.45) is -7.22. The zero-order valence-corrected chi connectivity index (χ0v) is 7.20. The average Bonchev–Trinajstić information content (AvgIpc) is 2.01. The van der Waals surface area contributed by atoms with Crippen LogP contribution in [0.15, 0.2) is 12.3 Å². The van der Waals surface area contributed by atoms with Crippen LogP contribution in [-0.2, 0) is 6.18 Å². The minimum atomic E-state index is -4.75. The third kappa shape index (κ3) is 2.12. The van der Waals surface area contributed by atoms with Crippen molar-refractivity contribution in [2.24, 2.45) is 0 Å². The molecular weight excluding hydrogens is 229 g/mol. The first-order valence-corrected chi connectivity index (χ1v) is 3.71. The molecule has 1 rings (SSSR count). The lowest BCUT2D eigenvalue weighted by molar-refractivity contribution is -0.137. The molecule has 0 aliphatic rings. The Morgan fingerprint density at radius 3 is 2.29 bits per heavy atom. The molecular formula is C7H3ClF5N. The highest BCUT2D eigenvalue weighted by Crippen LogP contribution is 2.37. The molecule has 0 saturated carbocycles. The smallest absolute Gasteiger partial charge is 0.254 e. The van der Waals surface area contributed by atoms with Gasteiger partial charge in [-0.05, 0) is 6.07 Å². The van der Waals surface area contributed by atoms with Crippen LogP contribution in [0.5, 0.6) is 0 Å². The van der Waals surface area contributed by atoms with Crippen LogP contribution in [0.3, 0.4) is 0 Å². The van der Waals surface area contributed by atoms with Crippen LogP contribution in [0.1, 0.15) is 17.7 Å². The molecule has 78 valence electrons. The summed E-state index contributed by atoms with van der Waals surface area (Å²) in [6.45, 7) is 0. The van der Waals surface area contributed by atoms with Crippen molar-refractivity contribution < 1.29 is 22.0 Å². The summed E-state index contributed by atoms with van der Waals surface area (Å²) >= 11 is 5.13. The van der Waals surface area contributed by atoms with E-state index in [1.165, 1.54) is 0 Å². The Balaban J connectivity index is 3.28. The molecule has 0 aromatic carbocycles. The highest BCUT2D eigenvalue weighted by Gasteiger charge is 2.35. The van der Waals surface area contributed by atoms with Gasteiger partial charge in [0.05, 0.1) is 10.6 Å². The van der Waals surface area contributed by atoms with E-state index in [1.807, 2.05) is 0 Å². The van der Waals surface area contributed by atoms with Gasteiger partial charge in [-0.1, -0.05) is 11.6 Å². The maximum atomic E-state index is 12.1. The van der Waals surface area contributed by atoms with E-state index in [-0.39, 0.29) is 0 Å². The zero-order chi connectivity index (χ0) is 10.9. The fraction of sp³-hybridized carbons (Fsp3) is 0.286. The molecule has 14 heavy (non-hydrogen) atoms. The SMILES string of the molecule is FC(F)c1nccc(C(F)(F)F)c1Cl. The van der Waals surface area contributed by atoms with Gasteiger partial charge < -0.3 is 0 Å². The number of pyridine rings is 1. The predicted octanol–water partition coefficient (Wildman–Crippen LogP) is 3.69. The van der Waals surface area contributed by atoms with Gasteiger partial charge in [0.15, 0.2) is 0 Å². The predicted molar refractivity (Wildman–Crippen MR) is 39.2 cm³/mol. The normalized spacial score (nSPS) is 12.2. The Kier molecular flexibility index (Phi) is 2.94. The second-order valence-electron chi connectivity index (χ2n) is 2.36. The number of hydrogen-bond donors (Lipinski definition) is 0. The van der Waals surface area contributed by atoms with Gasteiger partial charge >= 0.3 is 6.18 Å². The number of aromatic nitrogens is 1. The van der Waals surface area contributed by atoms with Gasteiger partial charge in [-0.3, -0.25) is 4.98 Å². The van der Waals surface area contributed by atoms with Crippen LogP contribution >= 0.6 is 11.6 Å². The summed E-state index contributed by atoms with van der Waals surface area (Å²) in [4.78, 5) is 3.07. The van der Waals surface area contributed by atoms with Crippen LogP contribution < -0.4 is 0 Å². The van der Waals surface area contributed by atoms with Gasteiger partial charge in [0.25, 0.3) is 6.43 Å². The van der Waals surface area contributed by atoms with Gasteiger partial charge in [0, 0.05) is 6.20 Å². The van der Waals surface area contributed by atoms with E-state index in [2.05, 4.69) is 4.98 Å². The third-order valence-corrected chi connectivity index (χ3v) is 1.83. The molecule has 0 radical (unpaired) electrons. The molecule has 1 heterocycles. The van der Waals surface area contributed by atoms with E-state index in [4.69, 9.17) is 11.6 Å². The van der Waals surface area contributed by atoms with Crippen LogP contribution in [0.4, 0.5) is 22.0 Å². The lowest BCUT2D eigenvalue weighted by Crippen LogP contribution is -2.08. The van der Waals surface area contributed by atoms with E-state index in [9.17, 15) is 22.0 Å². The monoisotopic (exact) mass is 231 g/mol. The second kappa shape index (κ2) is 3.68. The summed E-state index contributed by atoms with van der Waals surface area (Å²) in [5.41, 5.74) is -2.36. The first-order chi connectivity index (χ1) is 6.34. The molecule has 0 spiro atoms. The van der Waals surface area contributed by atoms with Gasteiger partial charge in [-0.15, -0.1) is 0 Å². The molecule has 1 aromatic rings. The topological polar surface area (TPSA) is 12.9 Å². The summed E-state index contributed by atoms with van der Waals surface area (Å²) in [6, 6.07) is 0.550. The zero-order valence-electron chi connectivity index (χ0n) is 6.45. The van der Waals surface area contributed by atoms with Crippen molar-refractivity contribution in [1.82, 2.24) is 4.98 Å². The molecule has 0 unspecified atom stereocenters. The van der Waals surface area contributed by atoms with Crippen molar-refractivity contribution in [2.75, 3.05) is 0 Å². The first kappa shape index (κ1) is 11.2. The summed E-state index contributed by atoms with van der Waals surface area (Å²) in [5, 5.41) is -1.05. The average molecular weight is 232 g/mol. The lowest BCUT2D eigenvalue weighted by Gasteiger charge is -2.10. The van der Waals surface area contributed by atoms with Crippen molar-refractivity contribution in [1.29, 1.82) is 0 Å². The molecule has 0 bridgehead atoms. The summed E-state index contributed by atoms with van der Waals surface area (Å²) in [5.74, 6) is 0. The van der Waals surface area contributed by atoms with Crippen LogP contribution in [0.25, 0.3) is 0 Å². The van der Waals surface area contributed by atoms with Crippen molar-refractivity contribution in [2.45, 2.75) is 12.6 Å². The lowest BCUT2D eigenvalue weighted by atomic mass is 10.2. The Morgan fingerprint density at radius 2 is 1.86 bits per heavy atom. The number of nitrogens with zero attached hydrogens (tertiary/aromatic N) is 1. The van der Waals surface area contributed by atoms with Crippen molar-refractivity contribution >= 4 is 11.6 Å². The molecule has 0 amide bonds. The van der Waals surface area contributed by atoms with Gasteiger partial charge in [-0.25, -0.2) is 8.78 Å². The molecule has 7 heteroatoms. The number of halogens is 6. The Labute approximate surface area is 80.5 Å². The molecule has 0 N–H and O–H groups in total. The number of rotatable bonds is 1. The van der Waals surface area contributed by atoms with Gasteiger partial charge in [-0.2, -0.15) is 13.2 Å². The maximum Gasteiger partial charge on any atom is 0.417 e. The fourth-order valence-corrected chi connectivity index (χ4v) is 1.13. The van der Waals surface area contributed by atoms with Crippen molar-refractivity contribution in [3.05, 3.63) is 28.5 Å². The van der Waals surface area contributed by atoms with Crippen LogP contribution in [0, 0.1) is 0 Å². The third-order valence-electron chi connectivity index (χ3n) is 1.43. The quantitative estimate of drug-likeness (QED) is 0.672. The maximum absolute atomic E-state index is 12.1. The first-order valence-electron chi connectivity index (χ1n) is 3.33. The second-order valence-corrected chi connectivity index (χ2v) is 2.73. The molecule has 0 saturated heterocycles. The van der Waals surface area contributed by atoms with E-state index < -0.39 is 28.9 Å². The van der Waals surface area contributed by atoms with Crippen LogP contribution in [-0.4, -0.2) is 4.98 Å². The molecule has 0 atom stereocenters. The van der Waals surface area contributed by atoms with E-state index in [0.29, 0.717) is 12.3 Å². The highest BCUT2D eigenvalue weighted by atomic mass is 35.5. The van der Waals surface area contributed by atoms with E-state index >= 15 is 0 Å². The molecule has 0 aliphatic carbocycles. The molecule has 1 aromatic heterocycles. The standard InChI is InChI=1S/C7H3ClF5N/c8-4-3(7(11,12)13)1-2-14-5(4)6(9)10/h1-2,6H. The van der Waals surface area contributed by atoms with Crippen LogP contribution in [0.2, 0.25) is 5.02 Å². The summed E-state index contributed by atoms with van der Waals surface area (Å²) in [7, 11) is 0. The minimum absolute atomic E-state index is 0.550. The Bertz CT molecular complexity index is 335. The molecule has 0 fully saturated rings. The molecule has 0 aliphatic heterocycles. The Morgan fingerprint density at radius 1 is 1.29 bits per heavy atom. The van der Waals surface area contributed by atoms with Crippen molar-refractivity contribution in [3.63, 3.8) is 0 Å². The fourth-order valence-electron chi connectivity index (χ4n) is 0.831. The van der Waals surface area contributed by atoms with E-state index in [1.54, 1.807) is 0 Å². The molecule has 1 nitrogen and oxygen atoms in total. The number of hydrogen-bond acceptors (Lipinski definition) is 1. The largest absolute Gasteiger partial charge is 0.417 e. The minimum Gasteiger partial charge on any atom is -0.254 e. The van der Waals surface area contributed by atoms with Gasteiger partial charge in [0.2, 0.25) is 0 Å².